The molecule has 1 aromatic heterocycles. The molecule has 1 amide bonds. The van der Waals surface area contributed by atoms with Crippen LogP contribution in [-0.2, 0) is 11.3 Å². The van der Waals surface area contributed by atoms with E-state index in [0.29, 0.717) is 42.2 Å². The van der Waals surface area contributed by atoms with Crippen LogP contribution in [0.4, 0.5) is 0 Å². The van der Waals surface area contributed by atoms with Crippen LogP contribution in [0.25, 0.3) is 11.4 Å². The molecule has 1 unspecified atom stereocenters. The maximum Gasteiger partial charge on any atom is 0.246 e. The fraction of sp³-hybridized carbons (Fsp3) is 0.444. The molecular formula is C18H23ClN6O2. The number of hydrogen-bond donors (Lipinski definition) is 2. The highest BCUT2D eigenvalue weighted by Gasteiger charge is 2.25. The fourth-order valence-corrected chi connectivity index (χ4v) is 3.04. The number of hydrogen-bond acceptors (Lipinski definition) is 5. The van der Waals surface area contributed by atoms with Crippen molar-refractivity contribution in [3.8, 4) is 11.4 Å². The zero-order chi connectivity index (χ0) is 19.2. The van der Waals surface area contributed by atoms with Crippen LogP contribution < -0.4 is 10.6 Å². The molecule has 2 heterocycles. The number of amides is 1. The van der Waals surface area contributed by atoms with Crippen LogP contribution >= 0.6 is 11.6 Å². The molecule has 1 saturated heterocycles. The van der Waals surface area contributed by atoms with Crippen molar-refractivity contribution >= 4 is 23.5 Å². The molecule has 0 spiro atoms. The lowest BCUT2D eigenvalue weighted by atomic mass is 10.2. The van der Waals surface area contributed by atoms with E-state index in [1.165, 1.54) is 0 Å². The van der Waals surface area contributed by atoms with Crippen LogP contribution in [0.5, 0.6) is 0 Å². The van der Waals surface area contributed by atoms with E-state index >= 15 is 0 Å². The monoisotopic (exact) mass is 390 g/mol. The smallest absolute Gasteiger partial charge is 0.246 e. The molecule has 1 fully saturated rings. The van der Waals surface area contributed by atoms with Gasteiger partial charge in [0.05, 0.1) is 6.54 Å². The third kappa shape index (κ3) is 4.97. The Morgan fingerprint density at radius 2 is 2.19 bits per heavy atom. The third-order valence-corrected chi connectivity index (χ3v) is 4.64. The predicted molar refractivity (Wildman–Crippen MR) is 103 cm³/mol. The highest BCUT2D eigenvalue weighted by molar-refractivity contribution is 6.30. The fourth-order valence-electron chi connectivity index (χ4n) is 2.92. The summed E-state index contributed by atoms with van der Waals surface area (Å²) in [7, 11) is 1.70. The van der Waals surface area contributed by atoms with E-state index in [9.17, 15) is 4.79 Å². The number of carbonyl (C=O) groups is 1. The van der Waals surface area contributed by atoms with Gasteiger partial charge in [0, 0.05) is 43.2 Å². The Labute approximate surface area is 163 Å². The van der Waals surface area contributed by atoms with Crippen LogP contribution in [0, 0.1) is 0 Å². The van der Waals surface area contributed by atoms with Gasteiger partial charge in [-0.1, -0.05) is 23.7 Å². The van der Waals surface area contributed by atoms with Crippen LogP contribution in [0.1, 0.15) is 25.7 Å². The summed E-state index contributed by atoms with van der Waals surface area (Å²) in [5.74, 6) is 1.79. The van der Waals surface area contributed by atoms with Crippen molar-refractivity contribution < 1.29 is 9.32 Å². The van der Waals surface area contributed by atoms with Crippen LogP contribution in [0.3, 0.4) is 0 Å². The second-order valence-corrected chi connectivity index (χ2v) is 6.70. The lowest BCUT2D eigenvalue weighted by molar-refractivity contribution is -0.129. The van der Waals surface area contributed by atoms with Gasteiger partial charge < -0.3 is 20.1 Å². The molecular weight excluding hydrogens is 368 g/mol. The van der Waals surface area contributed by atoms with Crippen LogP contribution in [0.15, 0.2) is 33.8 Å². The molecule has 0 bridgehead atoms. The Morgan fingerprint density at radius 1 is 1.41 bits per heavy atom. The summed E-state index contributed by atoms with van der Waals surface area (Å²) in [4.78, 5) is 22.3. The quantitative estimate of drug-likeness (QED) is 0.599. The summed E-state index contributed by atoms with van der Waals surface area (Å²) < 4.78 is 5.28. The van der Waals surface area contributed by atoms with E-state index in [1.807, 2.05) is 24.0 Å². The van der Waals surface area contributed by atoms with Gasteiger partial charge in [0.15, 0.2) is 5.96 Å². The minimum atomic E-state index is 0.180. The van der Waals surface area contributed by atoms with Gasteiger partial charge in [0.2, 0.25) is 17.6 Å². The summed E-state index contributed by atoms with van der Waals surface area (Å²) in [5, 5.41) is 11.1. The van der Waals surface area contributed by atoms with Gasteiger partial charge in [-0.05, 0) is 30.7 Å². The van der Waals surface area contributed by atoms with Crippen molar-refractivity contribution in [1.82, 2.24) is 25.7 Å². The summed E-state index contributed by atoms with van der Waals surface area (Å²) >= 11 is 5.89. The van der Waals surface area contributed by atoms with Gasteiger partial charge in [-0.25, -0.2) is 0 Å². The zero-order valence-corrected chi connectivity index (χ0v) is 16.2. The van der Waals surface area contributed by atoms with Gasteiger partial charge in [-0.15, -0.1) is 0 Å². The molecule has 1 aliphatic rings. The summed E-state index contributed by atoms with van der Waals surface area (Å²) in [5.41, 5.74) is 0.837. The van der Waals surface area contributed by atoms with Gasteiger partial charge in [-0.3, -0.25) is 9.79 Å². The minimum absolute atomic E-state index is 0.180. The number of aliphatic imine (C=N–C) groups is 1. The highest BCUT2D eigenvalue weighted by atomic mass is 35.5. The lowest BCUT2D eigenvalue weighted by Gasteiger charge is -2.18. The molecule has 1 atom stereocenters. The molecule has 0 saturated carbocycles. The van der Waals surface area contributed by atoms with E-state index < -0.39 is 0 Å². The first-order valence-electron chi connectivity index (χ1n) is 8.92. The van der Waals surface area contributed by atoms with Crippen LogP contribution in [-0.4, -0.2) is 53.1 Å². The highest BCUT2D eigenvalue weighted by Crippen LogP contribution is 2.18. The Hall–Kier alpha value is -2.61. The number of benzene rings is 1. The van der Waals surface area contributed by atoms with Crippen molar-refractivity contribution in [2.45, 2.75) is 32.4 Å². The van der Waals surface area contributed by atoms with E-state index in [1.54, 1.807) is 19.2 Å². The number of halogens is 1. The molecule has 0 radical (unpaired) electrons. The third-order valence-electron chi connectivity index (χ3n) is 4.39. The first-order chi connectivity index (χ1) is 13.1. The average Bonchev–Trinajstić information content (AvgIpc) is 3.34. The predicted octanol–water partition coefficient (Wildman–Crippen LogP) is 2.07. The molecule has 2 aromatic rings. The van der Waals surface area contributed by atoms with Crippen molar-refractivity contribution in [1.29, 1.82) is 0 Å². The van der Waals surface area contributed by atoms with Gasteiger partial charge in [0.1, 0.15) is 0 Å². The Morgan fingerprint density at radius 3 is 2.89 bits per heavy atom. The molecule has 3 rings (SSSR count). The summed E-state index contributed by atoms with van der Waals surface area (Å²) in [6.07, 6.45) is 1.43. The second kappa shape index (κ2) is 8.85. The molecule has 0 aliphatic carbocycles. The normalized spacial score (nSPS) is 17.2. The number of carbonyl (C=O) groups excluding carboxylic acids is 1. The molecule has 1 aliphatic heterocycles. The average molecular weight is 391 g/mol. The number of nitrogens with zero attached hydrogens (tertiary/aromatic N) is 4. The Balaban J connectivity index is 1.52. The first-order valence-corrected chi connectivity index (χ1v) is 9.30. The molecule has 8 nitrogen and oxygen atoms in total. The summed E-state index contributed by atoms with van der Waals surface area (Å²) in [6, 6.07) is 7.43. The second-order valence-electron chi connectivity index (χ2n) is 6.27. The molecule has 27 heavy (non-hydrogen) atoms. The topological polar surface area (TPSA) is 95.7 Å². The zero-order valence-electron chi connectivity index (χ0n) is 15.4. The maximum absolute atomic E-state index is 11.8. The standard InChI is InChI=1S/C18H23ClN6O2/c1-3-16(26)25-9-8-14(11-25)22-18(20-2)21-10-15-23-17(24-27-15)12-4-6-13(19)7-5-12/h4-7,14H,3,8-11H2,1-2H3,(H2,20,21,22). The first kappa shape index (κ1) is 19.2. The van der Waals surface area contributed by atoms with Crippen molar-refractivity contribution in [2.75, 3.05) is 20.1 Å². The van der Waals surface area contributed by atoms with E-state index in [2.05, 4.69) is 25.8 Å². The van der Waals surface area contributed by atoms with E-state index in [-0.39, 0.29) is 11.9 Å². The van der Waals surface area contributed by atoms with Crippen molar-refractivity contribution in [3.05, 3.63) is 35.2 Å². The summed E-state index contributed by atoms with van der Waals surface area (Å²) in [6.45, 7) is 3.70. The number of aromatic nitrogens is 2. The van der Waals surface area contributed by atoms with Gasteiger partial charge >= 0.3 is 0 Å². The van der Waals surface area contributed by atoms with Crippen molar-refractivity contribution in [2.24, 2.45) is 4.99 Å². The van der Waals surface area contributed by atoms with E-state index in [4.69, 9.17) is 16.1 Å². The van der Waals surface area contributed by atoms with Crippen molar-refractivity contribution in [3.63, 3.8) is 0 Å². The number of rotatable bonds is 5. The maximum atomic E-state index is 11.8. The van der Waals surface area contributed by atoms with Gasteiger partial charge in [-0.2, -0.15) is 4.98 Å². The Bertz CT molecular complexity index is 804. The number of guanidine groups is 1. The molecule has 144 valence electrons. The largest absolute Gasteiger partial charge is 0.352 e. The Kier molecular flexibility index (Phi) is 6.28. The van der Waals surface area contributed by atoms with Crippen LogP contribution in [0.2, 0.25) is 5.02 Å². The minimum Gasteiger partial charge on any atom is -0.352 e. The molecule has 9 heteroatoms. The molecule has 2 N–H and O–H groups in total. The van der Waals surface area contributed by atoms with Gasteiger partial charge in [0.25, 0.3) is 0 Å². The molecule has 1 aromatic carbocycles. The number of nitrogens with one attached hydrogen (secondary N) is 2. The SMILES string of the molecule is CCC(=O)N1CCC(NC(=NC)NCc2nc(-c3ccc(Cl)cc3)no2)C1. The van der Waals surface area contributed by atoms with E-state index in [0.717, 1.165) is 18.5 Å². The lowest BCUT2D eigenvalue weighted by Crippen LogP contribution is -2.44. The number of likely N-dealkylation sites (tertiary alicyclic amines) is 1.